The Morgan fingerprint density at radius 2 is 1.61 bits per heavy atom. The van der Waals surface area contributed by atoms with Crippen molar-refractivity contribution in [2.45, 2.75) is 96.5 Å². The van der Waals surface area contributed by atoms with Gasteiger partial charge in [-0.1, -0.05) is 34.6 Å². The molecule has 1 unspecified atom stereocenters. The molecule has 0 bridgehead atoms. The molecule has 0 aromatic rings. The quantitative estimate of drug-likeness (QED) is 0.324. The second kappa shape index (κ2) is 9.54. The van der Waals surface area contributed by atoms with E-state index in [0.29, 0.717) is 6.54 Å². The molecule has 4 amide bonds. The summed E-state index contributed by atoms with van der Waals surface area (Å²) in [5, 5.41) is 4.52. The predicted molar refractivity (Wildman–Crippen MR) is 136 cm³/mol. The minimum atomic E-state index is -1.10. The topological polar surface area (TPSA) is 148 Å². The highest BCUT2D eigenvalue weighted by molar-refractivity contribution is 8.01. The van der Waals surface area contributed by atoms with Gasteiger partial charge in [0, 0.05) is 11.8 Å². The summed E-state index contributed by atoms with van der Waals surface area (Å²) in [5.74, 6) is -2.82. The first-order chi connectivity index (χ1) is 16.3. The van der Waals surface area contributed by atoms with Gasteiger partial charge in [0.15, 0.2) is 0 Å². The van der Waals surface area contributed by atoms with Gasteiger partial charge in [0.25, 0.3) is 11.7 Å². The number of nitrogens with two attached hydrogens (primary N) is 1. The Labute approximate surface area is 217 Å². The number of nitrogens with zero attached hydrogens (tertiary/aromatic N) is 1. The monoisotopic (exact) mass is 524 g/mol. The van der Waals surface area contributed by atoms with Gasteiger partial charge in [-0.05, 0) is 56.3 Å². The van der Waals surface area contributed by atoms with Gasteiger partial charge in [-0.3, -0.25) is 19.2 Å². The molecular weight excluding hydrogens is 484 g/mol. The summed E-state index contributed by atoms with van der Waals surface area (Å²) in [5.41, 5.74) is 3.67. The van der Waals surface area contributed by atoms with Crippen LogP contribution in [0.2, 0.25) is 0 Å². The van der Waals surface area contributed by atoms with Crippen LogP contribution >= 0.6 is 11.8 Å². The lowest BCUT2D eigenvalue weighted by atomic mass is 9.85. The Morgan fingerprint density at radius 1 is 1.03 bits per heavy atom. The number of piperidine rings is 1. The predicted octanol–water partition coefficient (Wildman–Crippen LogP) is 1.80. The molecule has 10 nitrogen and oxygen atoms in total. The van der Waals surface area contributed by atoms with Gasteiger partial charge in [0.1, 0.15) is 23.1 Å². The molecule has 4 N–H and O–H groups in total. The highest BCUT2D eigenvalue weighted by Gasteiger charge is 2.70. The summed E-state index contributed by atoms with van der Waals surface area (Å²) in [6.45, 7) is 15.2. The first-order valence-corrected chi connectivity index (χ1v) is 13.4. The van der Waals surface area contributed by atoms with Crippen molar-refractivity contribution < 1.29 is 28.7 Å². The minimum Gasteiger partial charge on any atom is -0.444 e. The van der Waals surface area contributed by atoms with Crippen molar-refractivity contribution in [3.63, 3.8) is 0 Å². The Kier molecular flexibility index (Phi) is 7.49. The molecule has 36 heavy (non-hydrogen) atoms. The third kappa shape index (κ3) is 6.15. The molecule has 0 spiro atoms. The van der Waals surface area contributed by atoms with Crippen LogP contribution in [0, 0.1) is 22.7 Å². The van der Waals surface area contributed by atoms with E-state index in [1.807, 2.05) is 20.8 Å². The van der Waals surface area contributed by atoms with Crippen molar-refractivity contribution in [2.24, 2.45) is 28.4 Å². The first kappa shape index (κ1) is 28.3. The molecule has 1 aliphatic heterocycles. The SMILES string of the molecule is CC(C)(C)OC(=O)N[C@H](C(=O)N1C[C@H]2[C@@H]([C@H]1C(=O)NC(SC1CC1)C(=O)C(N)=O)C2(C)C)C(C)(C)C. The fourth-order valence-electron chi connectivity index (χ4n) is 4.95. The van der Waals surface area contributed by atoms with E-state index in [1.54, 1.807) is 20.8 Å². The average molecular weight is 525 g/mol. The Bertz CT molecular complexity index is 949. The van der Waals surface area contributed by atoms with Crippen molar-refractivity contribution >= 4 is 41.4 Å². The van der Waals surface area contributed by atoms with Crippen LogP contribution in [-0.2, 0) is 23.9 Å². The summed E-state index contributed by atoms with van der Waals surface area (Å²) >= 11 is 1.22. The molecule has 1 heterocycles. The summed E-state index contributed by atoms with van der Waals surface area (Å²) in [7, 11) is 0. The molecule has 3 aliphatic rings. The van der Waals surface area contributed by atoms with E-state index in [4.69, 9.17) is 10.5 Å². The van der Waals surface area contributed by atoms with Crippen molar-refractivity contribution in [3.05, 3.63) is 0 Å². The number of hydrogen-bond donors (Lipinski definition) is 3. The zero-order valence-electron chi connectivity index (χ0n) is 22.5. The molecule has 0 radical (unpaired) electrons. The lowest BCUT2D eigenvalue weighted by Crippen LogP contribution is -2.60. The van der Waals surface area contributed by atoms with Gasteiger partial charge in [0.05, 0.1) is 0 Å². The van der Waals surface area contributed by atoms with E-state index in [2.05, 4.69) is 24.5 Å². The lowest BCUT2D eigenvalue weighted by Gasteiger charge is -2.38. The normalized spacial score (nSPS) is 26.3. The molecule has 1 saturated heterocycles. The Balaban J connectivity index is 1.83. The molecule has 202 valence electrons. The fraction of sp³-hybridized carbons (Fsp3) is 0.800. The molecule has 5 atom stereocenters. The number of ketones is 1. The van der Waals surface area contributed by atoms with E-state index in [0.717, 1.165) is 12.8 Å². The van der Waals surface area contributed by atoms with Crippen LogP contribution in [-0.4, -0.2) is 69.4 Å². The molecule has 2 saturated carbocycles. The van der Waals surface area contributed by atoms with Crippen LogP contribution in [0.3, 0.4) is 0 Å². The van der Waals surface area contributed by atoms with Gasteiger partial charge in [-0.15, -0.1) is 11.8 Å². The number of nitrogens with one attached hydrogen (secondary N) is 2. The fourth-order valence-corrected chi connectivity index (χ4v) is 6.17. The third-order valence-corrected chi connectivity index (χ3v) is 8.60. The number of carbonyl (C=O) groups excluding carboxylic acids is 5. The van der Waals surface area contributed by atoms with E-state index in [9.17, 15) is 24.0 Å². The van der Waals surface area contributed by atoms with Crippen LogP contribution in [0.5, 0.6) is 0 Å². The molecule has 0 aromatic carbocycles. The number of hydrogen-bond acceptors (Lipinski definition) is 7. The van der Waals surface area contributed by atoms with Crippen LogP contribution < -0.4 is 16.4 Å². The van der Waals surface area contributed by atoms with Crippen molar-refractivity contribution in [2.75, 3.05) is 6.54 Å². The van der Waals surface area contributed by atoms with E-state index < -0.39 is 52.2 Å². The van der Waals surface area contributed by atoms with Crippen molar-refractivity contribution in [3.8, 4) is 0 Å². The standard InChI is InChI=1S/C25H40N4O6S/c1-23(2,3)17(27-22(34)35-24(4,5)6)21(33)29-11-13-14(25(13,7)8)15(29)19(32)28-20(16(30)18(26)31)36-12-9-10-12/h12-15,17,20H,9-11H2,1-8H3,(H2,26,31)(H,27,34)(H,28,32)/t13-,14-,15-,17+,20?/m0/s1. The van der Waals surface area contributed by atoms with Crippen LogP contribution in [0.15, 0.2) is 0 Å². The summed E-state index contributed by atoms with van der Waals surface area (Å²) in [4.78, 5) is 65.5. The molecule has 0 aromatic heterocycles. The minimum absolute atomic E-state index is 0.0983. The number of Topliss-reactive ketones (excluding diaryl/α,β-unsaturated/α-hetero) is 1. The number of alkyl carbamates (subject to hydrolysis) is 1. The molecular formula is C25H40N4O6S. The van der Waals surface area contributed by atoms with Gasteiger partial charge in [-0.25, -0.2) is 4.79 Å². The van der Waals surface area contributed by atoms with E-state index >= 15 is 0 Å². The number of primary amides is 1. The maximum atomic E-state index is 13.8. The van der Waals surface area contributed by atoms with Crippen molar-refractivity contribution in [1.82, 2.24) is 15.5 Å². The zero-order valence-corrected chi connectivity index (χ0v) is 23.3. The number of rotatable bonds is 8. The number of fused-ring (bicyclic) bond motifs is 1. The summed E-state index contributed by atoms with van der Waals surface area (Å²) in [6.07, 6.45) is 1.09. The second-order valence-electron chi connectivity index (χ2n) is 12.8. The van der Waals surface area contributed by atoms with E-state index in [-0.39, 0.29) is 28.4 Å². The second-order valence-corrected chi connectivity index (χ2v) is 14.2. The van der Waals surface area contributed by atoms with Crippen molar-refractivity contribution in [1.29, 1.82) is 0 Å². The summed E-state index contributed by atoms with van der Waals surface area (Å²) in [6, 6.07) is -1.77. The first-order valence-electron chi connectivity index (χ1n) is 12.4. The van der Waals surface area contributed by atoms with Gasteiger partial charge in [-0.2, -0.15) is 0 Å². The number of carbonyl (C=O) groups is 5. The Morgan fingerprint density at radius 3 is 2.08 bits per heavy atom. The zero-order chi connectivity index (χ0) is 27.4. The third-order valence-electron chi connectivity index (χ3n) is 7.14. The molecule has 3 rings (SSSR count). The largest absolute Gasteiger partial charge is 0.444 e. The maximum absolute atomic E-state index is 13.8. The van der Waals surface area contributed by atoms with E-state index in [1.165, 1.54) is 16.7 Å². The molecule has 11 heteroatoms. The lowest BCUT2D eigenvalue weighted by molar-refractivity contribution is -0.144. The average Bonchev–Trinajstić information content (AvgIpc) is 3.55. The van der Waals surface area contributed by atoms with Crippen LogP contribution in [0.4, 0.5) is 4.79 Å². The number of amides is 4. The van der Waals surface area contributed by atoms with Gasteiger partial charge in [0.2, 0.25) is 11.8 Å². The number of thioether (sulfide) groups is 1. The van der Waals surface area contributed by atoms with Crippen LogP contribution in [0.25, 0.3) is 0 Å². The van der Waals surface area contributed by atoms with Gasteiger partial charge >= 0.3 is 6.09 Å². The molecule has 2 aliphatic carbocycles. The van der Waals surface area contributed by atoms with Gasteiger partial charge < -0.3 is 26.0 Å². The van der Waals surface area contributed by atoms with Crippen LogP contribution in [0.1, 0.15) is 68.2 Å². The highest BCUT2D eigenvalue weighted by atomic mass is 32.2. The number of ether oxygens (including phenoxy) is 1. The number of likely N-dealkylation sites (tertiary alicyclic amines) is 1. The highest BCUT2D eigenvalue weighted by Crippen LogP contribution is 2.65. The molecule has 3 fully saturated rings. The smallest absolute Gasteiger partial charge is 0.408 e. The Hall–Kier alpha value is -2.30. The maximum Gasteiger partial charge on any atom is 0.408 e. The summed E-state index contributed by atoms with van der Waals surface area (Å²) < 4.78 is 5.37.